The quantitative estimate of drug-likeness (QED) is 0.471. The van der Waals surface area contributed by atoms with Crippen molar-refractivity contribution >= 4 is 45.9 Å². The van der Waals surface area contributed by atoms with Crippen LogP contribution in [0.1, 0.15) is 12.5 Å². The van der Waals surface area contributed by atoms with Crippen molar-refractivity contribution in [3.8, 4) is 0 Å². The van der Waals surface area contributed by atoms with E-state index in [0.717, 1.165) is 6.92 Å². The van der Waals surface area contributed by atoms with Crippen LogP contribution in [0.25, 0.3) is 0 Å². The van der Waals surface area contributed by atoms with Crippen molar-refractivity contribution in [2.75, 3.05) is 0 Å². The Bertz CT molecular complexity index is 403. The Morgan fingerprint density at radius 2 is 1.88 bits per heavy atom. The van der Waals surface area contributed by atoms with Gasteiger partial charge in [0.25, 0.3) is 5.97 Å². The van der Waals surface area contributed by atoms with Crippen LogP contribution in [0.5, 0.6) is 0 Å². The molecule has 1 rings (SSSR count). The van der Waals surface area contributed by atoms with Crippen molar-refractivity contribution in [1.29, 1.82) is 0 Å². The van der Waals surface area contributed by atoms with Gasteiger partial charge in [0.1, 0.15) is 0 Å². The molecule has 0 atom stereocenters. The van der Waals surface area contributed by atoms with Crippen LogP contribution in [0.4, 0.5) is 0 Å². The molecule has 16 heavy (non-hydrogen) atoms. The number of rotatable bonds is 1. The zero-order chi connectivity index (χ0) is 12.7. The second kappa shape index (κ2) is 7.33. The van der Waals surface area contributed by atoms with Crippen LogP contribution in [-0.4, -0.2) is 21.5 Å². The van der Waals surface area contributed by atoms with E-state index in [1.54, 1.807) is 12.1 Å². The third kappa shape index (κ3) is 5.80. The fourth-order valence-electron chi connectivity index (χ4n) is 0.711. The number of carbonyl (C=O) groups is 1. The summed E-state index contributed by atoms with van der Waals surface area (Å²) < 4.78 is 0. The smallest absolute Gasteiger partial charge is 0.300 e. The van der Waals surface area contributed by atoms with E-state index in [2.05, 4.69) is 5.16 Å². The van der Waals surface area contributed by atoms with Crippen LogP contribution >= 0.6 is 34.8 Å². The summed E-state index contributed by atoms with van der Waals surface area (Å²) in [6.45, 7) is 1.08. The molecule has 0 spiro atoms. The van der Waals surface area contributed by atoms with E-state index in [4.69, 9.17) is 49.9 Å². The van der Waals surface area contributed by atoms with Gasteiger partial charge in [-0.15, -0.1) is 0 Å². The molecule has 2 N–H and O–H groups in total. The lowest BCUT2D eigenvalue weighted by atomic mass is 10.2. The van der Waals surface area contributed by atoms with Crippen LogP contribution in [0, 0.1) is 0 Å². The summed E-state index contributed by atoms with van der Waals surface area (Å²) in [6.07, 6.45) is 0. The van der Waals surface area contributed by atoms with Gasteiger partial charge in [-0.05, 0) is 18.2 Å². The molecule has 0 fully saturated rings. The molecule has 1 aromatic rings. The van der Waals surface area contributed by atoms with E-state index < -0.39 is 5.97 Å². The van der Waals surface area contributed by atoms with E-state index in [0.29, 0.717) is 15.6 Å². The molecule has 0 amide bonds. The molecule has 0 aliphatic heterocycles. The predicted molar refractivity (Wildman–Crippen MR) is 63.9 cm³/mol. The van der Waals surface area contributed by atoms with E-state index in [1.807, 2.05) is 0 Å². The van der Waals surface area contributed by atoms with Gasteiger partial charge in [0, 0.05) is 17.5 Å². The van der Waals surface area contributed by atoms with Crippen LogP contribution in [0.2, 0.25) is 10.0 Å². The molecule has 0 saturated heterocycles. The molecule has 0 heterocycles. The number of oxime groups is 1. The average molecular weight is 285 g/mol. The van der Waals surface area contributed by atoms with Crippen molar-refractivity contribution in [3.63, 3.8) is 0 Å². The molecule has 0 radical (unpaired) electrons. The maximum atomic E-state index is 9.00. The molecule has 0 aliphatic carbocycles. The Balaban J connectivity index is 0.000000487. The van der Waals surface area contributed by atoms with Gasteiger partial charge in [-0.1, -0.05) is 40.0 Å². The van der Waals surface area contributed by atoms with Crippen LogP contribution in [0.15, 0.2) is 23.4 Å². The standard InChI is InChI=1S/C7H4Cl3NO.C2H4O2/c8-4-1-2-5(6(9)3-4)7(10)11-12;1-2(3)4/h1-3,12H;1H3,(H,3,4). The molecule has 4 nitrogen and oxygen atoms in total. The summed E-state index contributed by atoms with van der Waals surface area (Å²) in [6, 6.07) is 4.70. The molecule has 88 valence electrons. The second-order valence-corrected chi connectivity index (χ2v) is 3.74. The monoisotopic (exact) mass is 283 g/mol. The minimum atomic E-state index is -0.833. The van der Waals surface area contributed by atoms with E-state index in [9.17, 15) is 0 Å². The fourth-order valence-corrected chi connectivity index (χ4v) is 1.42. The van der Waals surface area contributed by atoms with E-state index >= 15 is 0 Å². The summed E-state index contributed by atoms with van der Waals surface area (Å²) in [4.78, 5) is 9.00. The summed E-state index contributed by atoms with van der Waals surface area (Å²) in [5.41, 5.74) is 0.449. The third-order valence-corrected chi connectivity index (χ3v) is 2.07. The van der Waals surface area contributed by atoms with Gasteiger partial charge in [0.2, 0.25) is 0 Å². The van der Waals surface area contributed by atoms with E-state index in [-0.39, 0.29) is 5.17 Å². The van der Waals surface area contributed by atoms with Gasteiger partial charge in [-0.3, -0.25) is 4.79 Å². The molecule has 0 aromatic heterocycles. The Morgan fingerprint density at radius 1 is 1.38 bits per heavy atom. The summed E-state index contributed by atoms with van der Waals surface area (Å²) in [5.74, 6) is -0.833. The zero-order valence-corrected chi connectivity index (χ0v) is 10.4. The minimum absolute atomic E-state index is 0.0586. The van der Waals surface area contributed by atoms with Gasteiger partial charge >= 0.3 is 0 Å². The number of aliphatic carboxylic acids is 1. The molecule has 7 heteroatoms. The second-order valence-electron chi connectivity index (χ2n) is 2.53. The van der Waals surface area contributed by atoms with Gasteiger partial charge in [0.05, 0.1) is 5.02 Å². The fraction of sp³-hybridized carbons (Fsp3) is 0.111. The highest BCUT2D eigenvalue weighted by molar-refractivity contribution is 6.70. The molecule has 0 unspecified atom stereocenters. The van der Waals surface area contributed by atoms with Gasteiger partial charge < -0.3 is 10.3 Å². The molecule has 0 bridgehead atoms. The largest absolute Gasteiger partial charge is 0.481 e. The summed E-state index contributed by atoms with van der Waals surface area (Å²) in [5, 5.41) is 19.4. The van der Waals surface area contributed by atoms with Crippen molar-refractivity contribution in [2.24, 2.45) is 5.16 Å². The van der Waals surface area contributed by atoms with Crippen molar-refractivity contribution < 1.29 is 15.1 Å². The average Bonchev–Trinajstić information content (AvgIpc) is 2.16. The highest BCUT2D eigenvalue weighted by Crippen LogP contribution is 2.22. The first-order valence-electron chi connectivity index (χ1n) is 3.91. The van der Waals surface area contributed by atoms with Crippen molar-refractivity contribution in [3.05, 3.63) is 33.8 Å². The molecule has 0 saturated carbocycles. The number of carboxylic acid groups (broad SMARTS) is 1. The van der Waals surface area contributed by atoms with Gasteiger partial charge in [-0.25, -0.2) is 0 Å². The van der Waals surface area contributed by atoms with Gasteiger partial charge in [0.15, 0.2) is 5.17 Å². The number of carboxylic acids is 1. The number of hydrogen-bond acceptors (Lipinski definition) is 3. The molecule has 0 aliphatic rings. The van der Waals surface area contributed by atoms with Crippen LogP contribution in [-0.2, 0) is 4.79 Å². The molecular weight excluding hydrogens is 276 g/mol. The normalized spacial score (nSPS) is 10.4. The number of benzene rings is 1. The zero-order valence-electron chi connectivity index (χ0n) is 8.12. The first kappa shape index (κ1) is 15.0. The Morgan fingerprint density at radius 3 is 2.25 bits per heavy atom. The lowest BCUT2D eigenvalue weighted by Crippen LogP contribution is -1.91. The maximum Gasteiger partial charge on any atom is 0.300 e. The topological polar surface area (TPSA) is 69.9 Å². The summed E-state index contributed by atoms with van der Waals surface area (Å²) >= 11 is 16.9. The highest BCUT2D eigenvalue weighted by atomic mass is 35.5. The first-order chi connectivity index (χ1) is 7.38. The molecule has 1 aromatic carbocycles. The number of hydrogen-bond donors (Lipinski definition) is 2. The number of nitrogens with zero attached hydrogens (tertiary/aromatic N) is 1. The highest BCUT2D eigenvalue weighted by Gasteiger charge is 2.05. The van der Waals surface area contributed by atoms with Gasteiger partial charge in [-0.2, -0.15) is 0 Å². The predicted octanol–water partition coefficient (Wildman–Crippen LogP) is 3.46. The van der Waals surface area contributed by atoms with Crippen molar-refractivity contribution in [1.82, 2.24) is 0 Å². The number of halogens is 3. The SMILES string of the molecule is CC(=O)O.ON=C(Cl)c1ccc(Cl)cc1Cl. The van der Waals surface area contributed by atoms with E-state index in [1.165, 1.54) is 6.07 Å². The third-order valence-electron chi connectivity index (χ3n) is 1.24. The first-order valence-corrected chi connectivity index (χ1v) is 5.04. The maximum absolute atomic E-state index is 9.00. The van der Waals surface area contributed by atoms with Crippen LogP contribution < -0.4 is 0 Å². The van der Waals surface area contributed by atoms with Crippen LogP contribution in [0.3, 0.4) is 0 Å². The molecular formula is C9H8Cl3NO3. The summed E-state index contributed by atoms with van der Waals surface area (Å²) in [7, 11) is 0. The Hall–Kier alpha value is -0.970. The minimum Gasteiger partial charge on any atom is -0.481 e. The Kier molecular flexibility index (Phi) is 6.88. The lowest BCUT2D eigenvalue weighted by molar-refractivity contribution is -0.134. The lowest BCUT2D eigenvalue weighted by Gasteiger charge is -1.99. The Labute approximate surface area is 107 Å². The van der Waals surface area contributed by atoms with Crippen molar-refractivity contribution in [2.45, 2.75) is 6.92 Å².